The van der Waals surface area contributed by atoms with Crippen molar-refractivity contribution in [3.05, 3.63) is 46.4 Å². The molecule has 7 heteroatoms. The Bertz CT molecular complexity index is 818. The topological polar surface area (TPSA) is 77.6 Å². The lowest BCUT2D eigenvalue weighted by Crippen LogP contribution is -2.27. The molecular formula is C14H16N6O. The van der Waals surface area contributed by atoms with E-state index in [1.807, 2.05) is 31.2 Å². The van der Waals surface area contributed by atoms with Crippen molar-refractivity contribution in [3.63, 3.8) is 0 Å². The summed E-state index contributed by atoms with van der Waals surface area (Å²) in [5, 5.41) is 15.7. The van der Waals surface area contributed by atoms with Crippen LogP contribution in [0.2, 0.25) is 0 Å². The molecule has 1 N–H and O–H groups in total. The van der Waals surface area contributed by atoms with Crippen LogP contribution < -0.4 is 10.9 Å². The molecule has 0 aliphatic carbocycles. The zero-order chi connectivity index (χ0) is 14.8. The van der Waals surface area contributed by atoms with Gasteiger partial charge in [-0.05, 0) is 19.1 Å². The SMILES string of the molecule is Cc1ccc(NCCn2nnc3c(cnn3C)c2=O)cc1. The number of aryl methyl sites for hydroxylation is 2. The number of nitrogens with zero attached hydrogens (tertiary/aromatic N) is 5. The number of anilines is 1. The molecule has 0 aliphatic rings. The fourth-order valence-electron chi connectivity index (χ4n) is 2.10. The number of hydrogen-bond donors (Lipinski definition) is 1. The highest BCUT2D eigenvalue weighted by Gasteiger charge is 2.08. The molecule has 0 saturated heterocycles. The van der Waals surface area contributed by atoms with Crippen LogP contribution in [0.3, 0.4) is 0 Å². The van der Waals surface area contributed by atoms with Crippen molar-refractivity contribution < 1.29 is 0 Å². The zero-order valence-electron chi connectivity index (χ0n) is 11.9. The Balaban J connectivity index is 1.72. The summed E-state index contributed by atoms with van der Waals surface area (Å²) in [7, 11) is 1.74. The van der Waals surface area contributed by atoms with E-state index < -0.39 is 0 Å². The summed E-state index contributed by atoms with van der Waals surface area (Å²) in [6.45, 7) is 3.09. The van der Waals surface area contributed by atoms with E-state index in [0.717, 1.165) is 5.69 Å². The molecule has 0 spiro atoms. The van der Waals surface area contributed by atoms with Crippen LogP contribution in [0.15, 0.2) is 35.3 Å². The second-order valence-electron chi connectivity index (χ2n) is 4.92. The molecular weight excluding hydrogens is 268 g/mol. The first-order chi connectivity index (χ1) is 10.1. The first-order valence-electron chi connectivity index (χ1n) is 6.71. The van der Waals surface area contributed by atoms with E-state index in [1.165, 1.54) is 16.4 Å². The highest BCUT2D eigenvalue weighted by molar-refractivity contribution is 5.72. The molecule has 3 rings (SSSR count). The fraction of sp³-hybridized carbons (Fsp3) is 0.286. The van der Waals surface area contributed by atoms with Crippen LogP contribution in [-0.2, 0) is 13.6 Å². The molecule has 2 heterocycles. The van der Waals surface area contributed by atoms with E-state index >= 15 is 0 Å². The van der Waals surface area contributed by atoms with Crippen LogP contribution in [-0.4, -0.2) is 31.3 Å². The molecule has 21 heavy (non-hydrogen) atoms. The van der Waals surface area contributed by atoms with Gasteiger partial charge in [0, 0.05) is 19.3 Å². The third-order valence-electron chi connectivity index (χ3n) is 3.32. The average Bonchev–Trinajstić information content (AvgIpc) is 2.86. The van der Waals surface area contributed by atoms with Crippen LogP contribution in [0.5, 0.6) is 0 Å². The van der Waals surface area contributed by atoms with Gasteiger partial charge in [0.05, 0.1) is 12.7 Å². The second-order valence-corrected chi connectivity index (χ2v) is 4.92. The second kappa shape index (κ2) is 5.35. The molecule has 7 nitrogen and oxygen atoms in total. The maximum Gasteiger partial charge on any atom is 0.280 e. The van der Waals surface area contributed by atoms with Crippen molar-refractivity contribution in [3.8, 4) is 0 Å². The van der Waals surface area contributed by atoms with Crippen molar-refractivity contribution >= 4 is 16.7 Å². The van der Waals surface area contributed by atoms with Gasteiger partial charge in [0.15, 0.2) is 5.65 Å². The molecule has 0 aliphatic heterocycles. The monoisotopic (exact) mass is 284 g/mol. The predicted molar refractivity (Wildman–Crippen MR) is 80.2 cm³/mol. The minimum Gasteiger partial charge on any atom is -0.383 e. The van der Waals surface area contributed by atoms with Crippen LogP contribution in [0, 0.1) is 6.92 Å². The number of rotatable bonds is 4. The van der Waals surface area contributed by atoms with Gasteiger partial charge in [-0.15, -0.1) is 5.10 Å². The quantitative estimate of drug-likeness (QED) is 0.771. The number of fused-ring (bicyclic) bond motifs is 1. The van der Waals surface area contributed by atoms with Crippen LogP contribution in [0.4, 0.5) is 5.69 Å². The van der Waals surface area contributed by atoms with Gasteiger partial charge in [-0.3, -0.25) is 4.79 Å². The van der Waals surface area contributed by atoms with Gasteiger partial charge in [0.2, 0.25) is 0 Å². The first kappa shape index (κ1) is 13.3. The van der Waals surface area contributed by atoms with E-state index in [4.69, 9.17) is 0 Å². The van der Waals surface area contributed by atoms with Gasteiger partial charge in [-0.1, -0.05) is 22.9 Å². The van der Waals surface area contributed by atoms with Crippen LogP contribution in [0.1, 0.15) is 5.56 Å². The Morgan fingerprint density at radius 3 is 2.76 bits per heavy atom. The van der Waals surface area contributed by atoms with Gasteiger partial charge >= 0.3 is 0 Å². The van der Waals surface area contributed by atoms with Crippen LogP contribution in [0.25, 0.3) is 11.0 Å². The standard InChI is InChI=1S/C14H16N6O/c1-10-3-5-11(6-4-10)15-7-8-20-14(21)12-9-16-19(2)13(12)17-18-20/h3-6,9,15H,7-8H2,1-2H3. The smallest absolute Gasteiger partial charge is 0.280 e. The lowest BCUT2D eigenvalue weighted by Gasteiger charge is -2.07. The third-order valence-corrected chi connectivity index (χ3v) is 3.32. The minimum atomic E-state index is -0.168. The number of benzene rings is 1. The molecule has 108 valence electrons. The van der Waals surface area contributed by atoms with Gasteiger partial charge < -0.3 is 5.32 Å². The molecule has 0 atom stereocenters. The van der Waals surface area contributed by atoms with E-state index in [1.54, 1.807) is 11.7 Å². The van der Waals surface area contributed by atoms with E-state index in [-0.39, 0.29) is 5.56 Å². The van der Waals surface area contributed by atoms with Crippen LogP contribution >= 0.6 is 0 Å². The number of hydrogen-bond acceptors (Lipinski definition) is 5. The summed E-state index contributed by atoms with van der Waals surface area (Å²) in [6, 6.07) is 8.09. The molecule has 3 aromatic rings. The summed E-state index contributed by atoms with van der Waals surface area (Å²) in [5.74, 6) is 0. The molecule has 2 aromatic heterocycles. The normalized spacial score (nSPS) is 11.0. The van der Waals surface area contributed by atoms with Crippen molar-refractivity contribution in [1.29, 1.82) is 0 Å². The Kier molecular flexibility index (Phi) is 3.39. The fourth-order valence-corrected chi connectivity index (χ4v) is 2.10. The van der Waals surface area contributed by atoms with E-state index in [0.29, 0.717) is 24.1 Å². The van der Waals surface area contributed by atoms with Crippen molar-refractivity contribution in [2.75, 3.05) is 11.9 Å². The third kappa shape index (κ3) is 2.62. The lowest BCUT2D eigenvalue weighted by molar-refractivity contribution is 0.563. The van der Waals surface area contributed by atoms with E-state index in [9.17, 15) is 4.79 Å². The first-order valence-corrected chi connectivity index (χ1v) is 6.71. The maximum absolute atomic E-state index is 12.2. The molecule has 0 bridgehead atoms. The van der Waals surface area contributed by atoms with E-state index in [2.05, 4.69) is 20.7 Å². The Hall–Kier alpha value is -2.70. The van der Waals surface area contributed by atoms with Gasteiger partial charge in [-0.25, -0.2) is 9.36 Å². The van der Waals surface area contributed by atoms with Gasteiger partial charge in [-0.2, -0.15) is 5.10 Å². The maximum atomic E-state index is 12.2. The van der Waals surface area contributed by atoms with Gasteiger partial charge in [0.25, 0.3) is 5.56 Å². The molecule has 1 aromatic carbocycles. The Morgan fingerprint density at radius 2 is 2.00 bits per heavy atom. The van der Waals surface area contributed by atoms with Crippen molar-refractivity contribution in [1.82, 2.24) is 24.8 Å². The summed E-state index contributed by atoms with van der Waals surface area (Å²) < 4.78 is 2.89. The van der Waals surface area contributed by atoms with Crippen molar-refractivity contribution in [2.24, 2.45) is 7.05 Å². The largest absolute Gasteiger partial charge is 0.383 e. The van der Waals surface area contributed by atoms with Gasteiger partial charge in [0.1, 0.15) is 5.39 Å². The molecule has 0 fully saturated rings. The number of nitrogens with one attached hydrogen (secondary N) is 1. The lowest BCUT2D eigenvalue weighted by atomic mass is 10.2. The minimum absolute atomic E-state index is 0.168. The average molecular weight is 284 g/mol. The summed E-state index contributed by atoms with van der Waals surface area (Å²) in [4.78, 5) is 12.2. The molecule has 0 saturated carbocycles. The highest BCUT2D eigenvalue weighted by atomic mass is 16.1. The Labute approximate surface area is 121 Å². The summed E-state index contributed by atoms with van der Waals surface area (Å²) in [5.41, 5.74) is 2.57. The molecule has 0 unspecified atom stereocenters. The van der Waals surface area contributed by atoms with Crippen molar-refractivity contribution in [2.45, 2.75) is 13.5 Å². The summed E-state index contributed by atoms with van der Waals surface area (Å²) >= 11 is 0. The molecule has 0 radical (unpaired) electrons. The Morgan fingerprint density at radius 1 is 1.24 bits per heavy atom. The summed E-state index contributed by atoms with van der Waals surface area (Å²) in [6.07, 6.45) is 1.52. The molecule has 0 amide bonds. The highest BCUT2D eigenvalue weighted by Crippen LogP contribution is 2.08. The zero-order valence-corrected chi connectivity index (χ0v) is 11.9. The predicted octanol–water partition coefficient (Wildman–Crippen LogP) is 0.946. The number of aromatic nitrogens is 5.